The van der Waals surface area contributed by atoms with E-state index < -0.39 is 0 Å². The number of nitrogens with zero attached hydrogens (tertiary/aromatic N) is 3. The van der Waals surface area contributed by atoms with Gasteiger partial charge in [0, 0.05) is 0 Å². The Labute approximate surface area is 175 Å². The normalized spacial score (nSPS) is 10.6. The first kappa shape index (κ1) is 20.1. The summed E-state index contributed by atoms with van der Waals surface area (Å²) < 4.78 is 0.748. The molecule has 0 unspecified atom stereocenters. The van der Waals surface area contributed by atoms with Crippen molar-refractivity contribution in [2.24, 2.45) is 0 Å². The molecule has 5 nitrogen and oxygen atoms in total. The molecule has 0 aliphatic rings. The van der Waals surface area contributed by atoms with Gasteiger partial charge >= 0.3 is 176 Å². The van der Waals surface area contributed by atoms with Crippen molar-refractivity contribution >= 4 is 39.1 Å². The summed E-state index contributed by atoms with van der Waals surface area (Å²) in [6.45, 7) is 4.04. The number of anilines is 1. The van der Waals surface area contributed by atoms with Crippen LogP contribution in [0.4, 0.5) is 5.69 Å². The summed E-state index contributed by atoms with van der Waals surface area (Å²) >= 11 is 10.7. The Morgan fingerprint density at radius 1 is 1.25 bits per heavy atom. The van der Waals surface area contributed by atoms with E-state index in [1.54, 1.807) is 31.3 Å². The molecule has 146 valence electrons. The molecule has 0 aliphatic carbocycles. The van der Waals surface area contributed by atoms with Crippen molar-refractivity contribution in [2.75, 3.05) is 11.9 Å². The Balaban J connectivity index is 2.09. The van der Waals surface area contributed by atoms with Gasteiger partial charge < -0.3 is 0 Å². The molecule has 0 N–H and O–H groups in total. The van der Waals surface area contributed by atoms with Gasteiger partial charge in [0.25, 0.3) is 0 Å². The van der Waals surface area contributed by atoms with Crippen LogP contribution in [-0.4, -0.2) is 23.0 Å². The van der Waals surface area contributed by atoms with E-state index in [0.717, 1.165) is 15.5 Å². The molecule has 1 amide bonds. The molecule has 0 fully saturated rings. The van der Waals surface area contributed by atoms with Crippen molar-refractivity contribution in [1.29, 1.82) is 0 Å². The van der Waals surface area contributed by atoms with Crippen LogP contribution < -0.4 is 9.63 Å². The van der Waals surface area contributed by atoms with Crippen LogP contribution in [0.1, 0.15) is 5.56 Å². The van der Waals surface area contributed by atoms with Gasteiger partial charge in [0.05, 0.1) is 0 Å². The number of carbonyl (C=O) groups excluding carboxylic acids is 1. The predicted molar refractivity (Wildman–Crippen MR) is 109 cm³/mol. The number of halogens is 1. The van der Waals surface area contributed by atoms with Crippen LogP contribution in [0, 0.1) is 5.21 Å². The molecular weight excluding hydrogens is 420 g/mol. The van der Waals surface area contributed by atoms with Crippen LogP contribution in [0.2, 0.25) is 5.02 Å². The molecule has 1 heterocycles. The van der Waals surface area contributed by atoms with Crippen molar-refractivity contribution in [3.05, 3.63) is 89.0 Å². The third-order valence-corrected chi connectivity index (χ3v) is 4.96. The quantitative estimate of drug-likeness (QED) is 0.257. The number of aromatic nitrogens is 1. The summed E-state index contributed by atoms with van der Waals surface area (Å²) in [5.41, 5.74) is 1.54. The van der Waals surface area contributed by atoms with Crippen LogP contribution in [-0.2, 0) is 26.4 Å². The predicted octanol–water partition coefficient (Wildman–Crippen LogP) is 3.41. The van der Waals surface area contributed by atoms with E-state index >= 15 is 0 Å². The summed E-state index contributed by atoms with van der Waals surface area (Å²) in [5.74, 6) is -0.330. The fourth-order valence-corrected chi connectivity index (χ4v) is 3.21. The van der Waals surface area contributed by atoms with Crippen molar-refractivity contribution in [1.82, 2.24) is 4.90 Å². The van der Waals surface area contributed by atoms with Crippen LogP contribution in [0.15, 0.2) is 73.2 Å². The van der Waals surface area contributed by atoms with Gasteiger partial charge in [0.1, 0.15) is 0 Å². The molecule has 3 aromatic rings. The Kier molecular flexibility index (Phi) is 6.13. The standard InChI is InChI=1S/C21H18ClN3O2.Ni/c1-15(23(2)3)21(26)25(19-9-6-8-18(22)11-19)14-17-13-24(27)12-16-7-4-5-10-20(16)17;/h2,4-13H,1,14H2,3H3;. The molecule has 0 bridgehead atoms. The van der Waals surface area contributed by atoms with Crippen LogP contribution in [0.3, 0.4) is 0 Å². The van der Waals surface area contributed by atoms with Crippen molar-refractivity contribution in [3.63, 3.8) is 0 Å². The maximum absolute atomic E-state index is 13.2. The minimum absolute atomic E-state index is 0.177. The average molecular weight is 439 g/mol. The van der Waals surface area contributed by atoms with Crippen molar-refractivity contribution < 1.29 is 24.6 Å². The van der Waals surface area contributed by atoms with Gasteiger partial charge in [-0.2, -0.15) is 0 Å². The number of carbonyl (C=O) groups is 1. The summed E-state index contributed by atoms with van der Waals surface area (Å²) in [7, 11) is 1.67. The molecule has 0 saturated carbocycles. The summed E-state index contributed by atoms with van der Waals surface area (Å²) in [5, 5.41) is 15.7. The van der Waals surface area contributed by atoms with E-state index in [4.69, 9.17) is 11.6 Å². The first-order valence-corrected chi connectivity index (χ1v) is 9.35. The Morgan fingerprint density at radius 2 is 2.00 bits per heavy atom. The first-order valence-electron chi connectivity index (χ1n) is 8.40. The van der Waals surface area contributed by atoms with Crippen LogP contribution in [0.25, 0.3) is 10.8 Å². The molecule has 2 aromatic carbocycles. The number of likely N-dealkylation sites (N-methyl/N-ethyl adjacent to an activating group) is 1. The number of fused-ring (bicyclic) bond motifs is 1. The number of rotatable bonds is 6. The zero-order valence-electron chi connectivity index (χ0n) is 15.1. The zero-order valence-corrected chi connectivity index (χ0v) is 16.9. The molecule has 0 atom stereocenters. The van der Waals surface area contributed by atoms with Gasteiger partial charge in [-0.1, -0.05) is 0 Å². The van der Waals surface area contributed by atoms with Gasteiger partial charge in [-0.25, -0.2) is 0 Å². The van der Waals surface area contributed by atoms with Gasteiger partial charge in [0.2, 0.25) is 0 Å². The topological polar surface area (TPSA) is 50.5 Å². The van der Waals surface area contributed by atoms with Crippen molar-refractivity contribution in [3.8, 4) is 0 Å². The maximum atomic E-state index is 13.2. The van der Waals surface area contributed by atoms with Gasteiger partial charge in [-0.3, -0.25) is 0 Å². The molecule has 3 rings (SSSR count). The molecule has 0 aliphatic heterocycles. The van der Waals surface area contributed by atoms with E-state index in [1.807, 2.05) is 24.3 Å². The SMILES string of the molecule is C=C(C(=O)N(Cc1c[n+]([O-])cc2ccccc12)c1cccc(Cl)c1)N(C)[CH]=[Ni]. The molecular formula is C21H18ClN3NiO2. The van der Waals surface area contributed by atoms with Crippen LogP contribution >= 0.6 is 11.6 Å². The third kappa shape index (κ3) is 4.24. The fraction of sp³-hybridized carbons (Fsp3) is 0.0952. The molecule has 7 heteroatoms. The van der Waals surface area contributed by atoms with Gasteiger partial charge in [-0.15, -0.1) is 0 Å². The van der Waals surface area contributed by atoms with E-state index in [0.29, 0.717) is 16.3 Å². The number of amides is 1. The van der Waals surface area contributed by atoms with E-state index in [1.165, 1.54) is 27.3 Å². The first-order chi connectivity index (χ1) is 13.4. The van der Waals surface area contributed by atoms with E-state index in [9.17, 15) is 10.0 Å². The zero-order chi connectivity index (χ0) is 20.3. The molecule has 0 saturated heterocycles. The second-order valence-electron chi connectivity index (χ2n) is 6.24. The summed E-state index contributed by atoms with van der Waals surface area (Å²) in [4.78, 5) is 16.2. The van der Waals surface area contributed by atoms with Gasteiger partial charge in [-0.05, 0) is 0 Å². The number of benzene rings is 2. The van der Waals surface area contributed by atoms with E-state index in [-0.39, 0.29) is 18.1 Å². The number of hydrogen-bond donors (Lipinski definition) is 0. The number of hydrogen-bond acceptors (Lipinski definition) is 3. The van der Waals surface area contributed by atoms with Gasteiger partial charge in [0.15, 0.2) is 0 Å². The van der Waals surface area contributed by atoms with Crippen LogP contribution in [0.5, 0.6) is 0 Å². The minimum atomic E-state index is -0.330. The Bertz CT molecular complexity index is 1070. The second kappa shape index (κ2) is 8.55. The second-order valence-corrected chi connectivity index (χ2v) is 6.93. The van der Waals surface area contributed by atoms with Crippen molar-refractivity contribution in [2.45, 2.75) is 6.54 Å². The molecule has 1 aromatic heterocycles. The Hall–Kier alpha value is -2.69. The average Bonchev–Trinajstić information content (AvgIpc) is 2.70. The monoisotopic (exact) mass is 437 g/mol. The fourth-order valence-electron chi connectivity index (χ4n) is 2.88. The summed E-state index contributed by atoms with van der Waals surface area (Å²) in [6.07, 6.45) is 2.98. The van der Waals surface area contributed by atoms with E-state index in [2.05, 4.69) is 21.6 Å². The summed E-state index contributed by atoms with van der Waals surface area (Å²) in [6, 6.07) is 14.5. The number of pyridine rings is 1. The molecule has 28 heavy (non-hydrogen) atoms. The third-order valence-electron chi connectivity index (χ3n) is 4.34. The molecule has 0 radical (unpaired) electrons. The Morgan fingerprint density at radius 3 is 2.71 bits per heavy atom. The molecule has 0 spiro atoms.